The van der Waals surface area contributed by atoms with E-state index in [0.717, 1.165) is 6.26 Å². The molecular formula is C5H9Cl2O3P. The smallest absolute Gasteiger partial charge is 0.375 e. The van der Waals surface area contributed by atoms with E-state index in [-0.39, 0.29) is 4.49 Å². The molecule has 0 aromatic carbocycles. The summed E-state index contributed by atoms with van der Waals surface area (Å²) in [5.41, 5.74) is 0. The van der Waals surface area contributed by atoms with E-state index in [0.29, 0.717) is 6.61 Å². The predicted octanol–water partition coefficient (Wildman–Crippen LogP) is 3.14. The molecule has 0 heterocycles. The fourth-order valence-corrected chi connectivity index (χ4v) is 1.44. The van der Waals surface area contributed by atoms with Crippen LogP contribution < -0.4 is 0 Å². The van der Waals surface area contributed by atoms with Crippen molar-refractivity contribution >= 4 is 30.8 Å². The number of halogens is 2. The minimum atomic E-state index is -2.99. The standard InChI is InChI=1S/C5H9Cl2O3P/c1-3-9-11(2,8)10-4-5(6)7/h4H,3H2,1-2H3. The number of hydrogen-bond donors (Lipinski definition) is 0. The summed E-state index contributed by atoms with van der Waals surface area (Å²) >= 11 is 10.4. The Kier molecular flexibility index (Phi) is 5.19. The molecule has 0 amide bonds. The van der Waals surface area contributed by atoms with Gasteiger partial charge < -0.3 is 9.05 Å². The first kappa shape index (κ1) is 11.3. The summed E-state index contributed by atoms with van der Waals surface area (Å²) < 4.78 is 20.4. The van der Waals surface area contributed by atoms with Crippen molar-refractivity contribution in [2.75, 3.05) is 13.3 Å². The molecule has 0 radical (unpaired) electrons. The summed E-state index contributed by atoms with van der Waals surface area (Å²) in [6.45, 7) is 3.37. The lowest BCUT2D eigenvalue weighted by Crippen LogP contribution is -1.88. The summed E-state index contributed by atoms with van der Waals surface area (Å²) in [5, 5.41) is 0. The van der Waals surface area contributed by atoms with Crippen molar-refractivity contribution in [3.05, 3.63) is 10.8 Å². The van der Waals surface area contributed by atoms with E-state index in [2.05, 4.69) is 4.52 Å². The molecule has 1 unspecified atom stereocenters. The Bertz CT molecular complexity index is 188. The lowest BCUT2D eigenvalue weighted by molar-refractivity contribution is 0.267. The van der Waals surface area contributed by atoms with Gasteiger partial charge in [-0.2, -0.15) is 0 Å². The monoisotopic (exact) mass is 218 g/mol. The molecule has 66 valence electrons. The summed E-state index contributed by atoms with van der Waals surface area (Å²) in [4.78, 5) is 0. The van der Waals surface area contributed by atoms with Gasteiger partial charge in [0.1, 0.15) is 10.8 Å². The van der Waals surface area contributed by atoms with E-state index in [1.807, 2.05) is 0 Å². The molecule has 0 fully saturated rings. The highest BCUT2D eigenvalue weighted by Crippen LogP contribution is 2.44. The largest absolute Gasteiger partial charge is 0.430 e. The molecule has 0 aliphatic heterocycles. The highest BCUT2D eigenvalue weighted by molar-refractivity contribution is 7.53. The van der Waals surface area contributed by atoms with Crippen LogP contribution in [0.5, 0.6) is 0 Å². The van der Waals surface area contributed by atoms with Gasteiger partial charge in [0.2, 0.25) is 0 Å². The zero-order valence-corrected chi connectivity index (χ0v) is 8.62. The quantitative estimate of drug-likeness (QED) is 0.538. The van der Waals surface area contributed by atoms with Gasteiger partial charge in [0, 0.05) is 6.66 Å². The van der Waals surface area contributed by atoms with Crippen molar-refractivity contribution in [3.63, 3.8) is 0 Å². The van der Waals surface area contributed by atoms with Crippen molar-refractivity contribution in [2.24, 2.45) is 0 Å². The maximum absolute atomic E-state index is 11.1. The second-order valence-electron chi connectivity index (χ2n) is 1.70. The summed E-state index contributed by atoms with van der Waals surface area (Å²) in [6, 6.07) is 0. The van der Waals surface area contributed by atoms with Gasteiger partial charge in [0.15, 0.2) is 0 Å². The first-order chi connectivity index (χ1) is 4.98. The highest BCUT2D eigenvalue weighted by atomic mass is 35.5. The molecule has 0 saturated heterocycles. The topological polar surface area (TPSA) is 35.5 Å². The molecule has 0 rings (SSSR count). The summed E-state index contributed by atoms with van der Waals surface area (Å²) in [7, 11) is -2.99. The fraction of sp³-hybridized carbons (Fsp3) is 0.600. The molecule has 0 spiro atoms. The maximum Gasteiger partial charge on any atom is 0.375 e. The van der Waals surface area contributed by atoms with Crippen LogP contribution in [0.25, 0.3) is 0 Å². The van der Waals surface area contributed by atoms with Gasteiger partial charge in [-0.15, -0.1) is 0 Å². The first-order valence-electron chi connectivity index (χ1n) is 2.89. The van der Waals surface area contributed by atoms with Gasteiger partial charge in [-0.1, -0.05) is 23.2 Å². The number of hydrogen-bond acceptors (Lipinski definition) is 3. The minimum Gasteiger partial charge on any atom is -0.430 e. The Morgan fingerprint density at radius 1 is 1.64 bits per heavy atom. The highest BCUT2D eigenvalue weighted by Gasteiger charge is 2.14. The lowest BCUT2D eigenvalue weighted by atomic mass is 10.9. The van der Waals surface area contributed by atoms with E-state index in [1.165, 1.54) is 6.66 Å². The molecule has 1 atom stereocenters. The van der Waals surface area contributed by atoms with Crippen LogP contribution in [0.4, 0.5) is 0 Å². The zero-order valence-electron chi connectivity index (χ0n) is 6.21. The normalized spacial score (nSPS) is 15.3. The van der Waals surface area contributed by atoms with E-state index in [1.54, 1.807) is 6.92 Å². The zero-order chi connectivity index (χ0) is 8.91. The molecule has 6 heteroatoms. The average Bonchev–Trinajstić information content (AvgIpc) is 1.84. The SMILES string of the molecule is CCOP(C)(=O)OC=C(Cl)Cl. The minimum absolute atomic E-state index is 0.0909. The van der Waals surface area contributed by atoms with Crippen LogP contribution >= 0.6 is 30.8 Å². The molecular weight excluding hydrogens is 210 g/mol. The van der Waals surface area contributed by atoms with E-state index >= 15 is 0 Å². The van der Waals surface area contributed by atoms with E-state index < -0.39 is 7.60 Å². The third-order valence-corrected chi connectivity index (χ3v) is 2.09. The third-order valence-electron chi connectivity index (χ3n) is 0.697. The molecule has 0 N–H and O–H groups in total. The Balaban J connectivity index is 3.93. The van der Waals surface area contributed by atoms with Crippen LogP contribution in [0.3, 0.4) is 0 Å². The molecule has 0 aliphatic carbocycles. The van der Waals surface area contributed by atoms with Crippen LogP contribution in [0.2, 0.25) is 0 Å². The molecule has 3 nitrogen and oxygen atoms in total. The Morgan fingerprint density at radius 3 is 2.55 bits per heavy atom. The fourth-order valence-electron chi connectivity index (χ4n) is 0.401. The van der Waals surface area contributed by atoms with Crippen LogP contribution in [-0.4, -0.2) is 13.3 Å². The average molecular weight is 219 g/mol. The van der Waals surface area contributed by atoms with Gasteiger partial charge >= 0.3 is 7.60 Å². The molecule has 0 aliphatic rings. The first-order valence-corrected chi connectivity index (χ1v) is 5.64. The molecule has 0 aromatic rings. The van der Waals surface area contributed by atoms with Crippen LogP contribution in [0, 0.1) is 0 Å². The second-order valence-corrected chi connectivity index (χ2v) is 4.72. The molecule has 0 aromatic heterocycles. The Hall–Kier alpha value is 0.310. The Labute approximate surface area is 75.8 Å². The van der Waals surface area contributed by atoms with E-state index in [9.17, 15) is 4.57 Å². The van der Waals surface area contributed by atoms with Crippen molar-refractivity contribution in [3.8, 4) is 0 Å². The van der Waals surface area contributed by atoms with Gasteiger partial charge in [0.25, 0.3) is 0 Å². The van der Waals surface area contributed by atoms with Crippen LogP contribution in [0.15, 0.2) is 10.8 Å². The van der Waals surface area contributed by atoms with Crippen molar-refractivity contribution in [2.45, 2.75) is 6.92 Å². The molecule has 11 heavy (non-hydrogen) atoms. The van der Waals surface area contributed by atoms with Crippen molar-refractivity contribution in [1.29, 1.82) is 0 Å². The van der Waals surface area contributed by atoms with Crippen molar-refractivity contribution in [1.82, 2.24) is 0 Å². The molecule has 0 bridgehead atoms. The molecule has 0 saturated carbocycles. The van der Waals surface area contributed by atoms with E-state index in [4.69, 9.17) is 27.7 Å². The Morgan fingerprint density at radius 2 is 2.18 bits per heavy atom. The van der Waals surface area contributed by atoms with Crippen molar-refractivity contribution < 1.29 is 13.6 Å². The third kappa shape index (κ3) is 6.70. The summed E-state index contributed by atoms with van der Waals surface area (Å²) in [5.74, 6) is 0. The van der Waals surface area contributed by atoms with Gasteiger partial charge in [-0.25, -0.2) is 4.57 Å². The van der Waals surface area contributed by atoms with Crippen LogP contribution in [0.1, 0.15) is 6.92 Å². The maximum atomic E-state index is 11.1. The van der Waals surface area contributed by atoms with Gasteiger partial charge in [-0.05, 0) is 6.92 Å². The summed E-state index contributed by atoms with van der Waals surface area (Å²) in [6.07, 6.45) is 0.986. The number of rotatable bonds is 4. The second kappa shape index (κ2) is 5.04. The van der Waals surface area contributed by atoms with Crippen LogP contribution in [-0.2, 0) is 13.6 Å². The van der Waals surface area contributed by atoms with Gasteiger partial charge in [0.05, 0.1) is 6.61 Å². The predicted molar refractivity (Wildman–Crippen MR) is 46.0 cm³/mol. The lowest BCUT2D eigenvalue weighted by Gasteiger charge is -2.09. The van der Waals surface area contributed by atoms with Gasteiger partial charge in [-0.3, -0.25) is 0 Å².